The predicted molar refractivity (Wildman–Crippen MR) is 108 cm³/mol. The summed E-state index contributed by atoms with van der Waals surface area (Å²) < 4.78 is 5.65. The molecule has 0 unspecified atom stereocenters. The van der Waals surface area contributed by atoms with Crippen LogP contribution in [-0.2, 0) is 16.0 Å². The highest BCUT2D eigenvalue weighted by atomic mass is 16.5. The van der Waals surface area contributed by atoms with Gasteiger partial charge in [-0.2, -0.15) is 0 Å². The maximum atomic E-state index is 12.0. The number of carbonyl (C=O) groups excluding carboxylic acids is 2. The van der Waals surface area contributed by atoms with Crippen molar-refractivity contribution < 1.29 is 14.3 Å². The largest absolute Gasteiger partial charge is 0.483 e. The molecule has 3 aromatic carbocycles. The van der Waals surface area contributed by atoms with Crippen LogP contribution in [0.5, 0.6) is 5.75 Å². The number of rotatable bonds is 7. The van der Waals surface area contributed by atoms with Crippen LogP contribution in [0.25, 0.3) is 11.1 Å². The minimum atomic E-state index is -0.420. The van der Waals surface area contributed by atoms with Crippen molar-refractivity contribution in [2.75, 3.05) is 6.61 Å². The van der Waals surface area contributed by atoms with Crippen LogP contribution in [-0.4, -0.2) is 18.4 Å². The van der Waals surface area contributed by atoms with Crippen LogP contribution >= 0.6 is 0 Å². The van der Waals surface area contributed by atoms with E-state index >= 15 is 0 Å². The lowest BCUT2D eigenvalue weighted by Crippen LogP contribution is -2.43. The summed E-state index contributed by atoms with van der Waals surface area (Å²) >= 11 is 0. The molecule has 2 N–H and O–H groups in total. The second kappa shape index (κ2) is 9.92. The van der Waals surface area contributed by atoms with Gasteiger partial charge in [-0.25, -0.2) is 0 Å². The summed E-state index contributed by atoms with van der Waals surface area (Å²) in [5.74, 6) is -0.0583. The predicted octanol–water partition coefficient (Wildman–Crippen LogP) is 3.51. The Morgan fingerprint density at radius 3 is 2.07 bits per heavy atom. The summed E-state index contributed by atoms with van der Waals surface area (Å²) in [7, 11) is 0. The number of aryl methyl sites for hydroxylation is 1. The van der Waals surface area contributed by atoms with E-state index in [2.05, 4.69) is 10.9 Å². The summed E-state index contributed by atoms with van der Waals surface area (Å²) in [6.07, 6.45) is 0.908. The van der Waals surface area contributed by atoms with E-state index in [1.165, 1.54) is 0 Å². The summed E-state index contributed by atoms with van der Waals surface area (Å²) in [6.45, 7) is -0.192. The van der Waals surface area contributed by atoms with E-state index in [1.807, 2.05) is 84.9 Å². The fraction of sp³-hybridized carbons (Fsp3) is 0.130. The van der Waals surface area contributed by atoms with Crippen molar-refractivity contribution in [1.29, 1.82) is 0 Å². The van der Waals surface area contributed by atoms with Gasteiger partial charge in [-0.1, -0.05) is 78.9 Å². The zero-order chi connectivity index (χ0) is 19.6. The Kier molecular flexibility index (Phi) is 6.79. The minimum absolute atomic E-state index is 0.192. The standard InChI is InChI=1S/C23H22N2O3/c26-22(16-15-18-9-3-1-4-10-18)24-25-23(27)17-28-21-14-8-7-13-20(21)19-11-5-2-6-12-19/h1-14H,15-17H2,(H,24,26)(H,25,27). The van der Waals surface area contributed by atoms with Crippen LogP contribution in [0.2, 0.25) is 0 Å². The van der Waals surface area contributed by atoms with Gasteiger partial charge >= 0.3 is 0 Å². The molecule has 0 atom stereocenters. The molecule has 0 heterocycles. The van der Waals surface area contributed by atoms with E-state index in [1.54, 1.807) is 0 Å². The highest BCUT2D eigenvalue weighted by Gasteiger charge is 2.09. The molecule has 3 aromatic rings. The van der Waals surface area contributed by atoms with Crippen LogP contribution in [0.4, 0.5) is 0 Å². The number of carbonyl (C=O) groups is 2. The van der Waals surface area contributed by atoms with E-state index < -0.39 is 5.91 Å². The van der Waals surface area contributed by atoms with Crippen molar-refractivity contribution >= 4 is 11.8 Å². The van der Waals surface area contributed by atoms with Crippen LogP contribution in [0.1, 0.15) is 12.0 Å². The van der Waals surface area contributed by atoms with E-state index in [4.69, 9.17) is 4.74 Å². The minimum Gasteiger partial charge on any atom is -0.483 e. The molecule has 5 heteroatoms. The maximum absolute atomic E-state index is 12.0. The number of hydrogen-bond acceptors (Lipinski definition) is 3. The Labute approximate surface area is 164 Å². The smallest absolute Gasteiger partial charge is 0.276 e. The SMILES string of the molecule is O=C(CCc1ccccc1)NNC(=O)COc1ccccc1-c1ccccc1. The molecule has 0 aliphatic heterocycles. The van der Waals surface area contributed by atoms with E-state index in [-0.39, 0.29) is 12.5 Å². The van der Waals surface area contributed by atoms with Crippen molar-refractivity contribution in [1.82, 2.24) is 10.9 Å². The summed E-state index contributed by atoms with van der Waals surface area (Å²) in [5, 5.41) is 0. The van der Waals surface area contributed by atoms with Gasteiger partial charge in [-0.3, -0.25) is 20.4 Å². The van der Waals surface area contributed by atoms with Crippen LogP contribution in [0.3, 0.4) is 0 Å². The van der Waals surface area contributed by atoms with Gasteiger partial charge in [-0.05, 0) is 23.6 Å². The molecular formula is C23H22N2O3. The second-order valence-electron chi connectivity index (χ2n) is 6.23. The Bertz CT molecular complexity index is 911. The quantitative estimate of drug-likeness (QED) is 0.622. The van der Waals surface area contributed by atoms with Crippen molar-refractivity contribution in [3.05, 3.63) is 90.5 Å². The number of para-hydroxylation sites is 1. The molecular weight excluding hydrogens is 352 g/mol. The monoisotopic (exact) mass is 374 g/mol. The highest BCUT2D eigenvalue weighted by molar-refractivity contribution is 5.83. The molecule has 0 aromatic heterocycles. The first-order valence-electron chi connectivity index (χ1n) is 9.11. The Balaban J connectivity index is 1.45. The fourth-order valence-corrected chi connectivity index (χ4v) is 2.73. The Morgan fingerprint density at radius 1 is 0.714 bits per heavy atom. The zero-order valence-electron chi connectivity index (χ0n) is 15.4. The molecule has 0 radical (unpaired) electrons. The lowest BCUT2D eigenvalue weighted by molar-refractivity contribution is -0.130. The molecule has 3 rings (SSSR count). The second-order valence-corrected chi connectivity index (χ2v) is 6.23. The molecule has 0 bridgehead atoms. The lowest BCUT2D eigenvalue weighted by atomic mass is 10.1. The molecule has 0 aliphatic carbocycles. The molecule has 0 fully saturated rings. The lowest BCUT2D eigenvalue weighted by Gasteiger charge is -2.12. The van der Waals surface area contributed by atoms with E-state index in [0.717, 1.165) is 16.7 Å². The third-order valence-corrected chi connectivity index (χ3v) is 4.16. The summed E-state index contributed by atoms with van der Waals surface area (Å²) in [5.41, 5.74) is 7.79. The zero-order valence-corrected chi connectivity index (χ0v) is 15.4. The van der Waals surface area contributed by atoms with Gasteiger partial charge in [0, 0.05) is 12.0 Å². The third-order valence-electron chi connectivity index (χ3n) is 4.16. The molecule has 0 aliphatic rings. The van der Waals surface area contributed by atoms with E-state index in [0.29, 0.717) is 18.6 Å². The average molecular weight is 374 g/mol. The van der Waals surface area contributed by atoms with Crippen LogP contribution in [0, 0.1) is 0 Å². The first kappa shape index (κ1) is 19.2. The number of hydrazine groups is 1. The number of ether oxygens (including phenoxy) is 1. The van der Waals surface area contributed by atoms with Gasteiger partial charge in [0.05, 0.1) is 0 Å². The van der Waals surface area contributed by atoms with Gasteiger partial charge < -0.3 is 4.74 Å². The average Bonchev–Trinajstić information content (AvgIpc) is 2.76. The van der Waals surface area contributed by atoms with Gasteiger partial charge in [0.25, 0.3) is 5.91 Å². The van der Waals surface area contributed by atoms with E-state index in [9.17, 15) is 9.59 Å². The molecule has 0 saturated carbocycles. The molecule has 2 amide bonds. The number of benzene rings is 3. The topological polar surface area (TPSA) is 67.4 Å². The summed E-state index contributed by atoms with van der Waals surface area (Å²) in [6, 6.07) is 27.0. The first-order valence-corrected chi connectivity index (χ1v) is 9.11. The molecule has 0 saturated heterocycles. The van der Waals surface area contributed by atoms with Crippen molar-refractivity contribution in [3.63, 3.8) is 0 Å². The van der Waals surface area contributed by atoms with Crippen molar-refractivity contribution in [2.24, 2.45) is 0 Å². The third kappa shape index (κ3) is 5.71. The number of nitrogens with one attached hydrogen (secondary N) is 2. The molecule has 142 valence electrons. The molecule has 28 heavy (non-hydrogen) atoms. The summed E-state index contributed by atoms with van der Waals surface area (Å²) in [4.78, 5) is 23.9. The van der Waals surface area contributed by atoms with Crippen LogP contribution in [0.15, 0.2) is 84.9 Å². The number of hydrogen-bond donors (Lipinski definition) is 2. The van der Waals surface area contributed by atoms with Crippen molar-refractivity contribution in [3.8, 4) is 16.9 Å². The Morgan fingerprint density at radius 2 is 1.32 bits per heavy atom. The Hall–Kier alpha value is -3.60. The molecule has 5 nitrogen and oxygen atoms in total. The van der Waals surface area contributed by atoms with Gasteiger partial charge in [0.1, 0.15) is 5.75 Å². The van der Waals surface area contributed by atoms with Gasteiger partial charge in [-0.15, -0.1) is 0 Å². The van der Waals surface area contributed by atoms with Gasteiger partial charge in [0.15, 0.2) is 6.61 Å². The van der Waals surface area contributed by atoms with Crippen molar-refractivity contribution in [2.45, 2.75) is 12.8 Å². The van der Waals surface area contributed by atoms with Gasteiger partial charge in [0.2, 0.25) is 5.91 Å². The highest BCUT2D eigenvalue weighted by Crippen LogP contribution is 2.29. The van der Waals surface area contributed by atoms with Crippen LogP contribution < -0.4 is 15.6 Å². The number of amides is 2. The normalized spacial score (nSPS) is 10.1. The molecule has 0 spiro atoms. The first-order chi connectivity index (χ1) is 13.7. The fourth-order valence-electron chi connectivity index (χ4n) is 2.73. The maximum Gasteiger partial charge on any atom is 0.276 e.